The number of hydrogen-bond donors (Lipinski definition) is 1. The molecule has 2 aromatic rings. The van der Waals surface area contributed by atoms with E-state index < -0.39 is 40.6 Å². The lowest BCUT2D eigenvalue weighted by Crippen LogP contribution is -2.35. The fourth-order valence-corrected chi connectivity index (χ4v) is 2.25. The number of benzene rings is 1. The summed E-state index contributed by atoms with van der Waals surface area (Å²) >= 11 is 0. The molecular formula is C14H7F3N2O2. The van der Waals surface area contributed by atoms with Crippen molar-refractivity contribution in [1.29, 1.82) is 0 Å². The van der Waals surface area contributed by atoms with Crippen LogP contribution in [-0.4, -0.2) is 16.7 Å². The SMILES string of the molecule is O=C1Nc2cccnc2C(=O)C1c1c(F)cc(F)cc1F. The lowest BCUT2D eigenvalue weighted by atomic mass is 9.88. The van der Waals surface area contributed by atoms with Gasteiger partial charge in [0.1, 0.15) is 29.1 Å². The Morgan fingerprint density at radius 2 is 1.76 bits per heavy atom. The molecule has 1 aromatic heterocycles. The van der Waals surface area contributed by atoms with Gasteiger partial charge in [-0.15, -0.1) is 0 Å². The quantitative estimate of drug-likeness (QED) is 0.821. The van der Waals surface area contributed by atoms with E-state index in [1.54, 1.807) is 0 Å². The van der Waals surface area contributed by atoms with Gasteiger partial charge in [0.25, 0.3) is 0 Å². The van der Waals surface area contributed by atoms with Crippen LogP contribution < -0.4 is 5.32 Å². The second-order valence-electron chi connectivity index (χ2n) is 4.47. The molecule has 1 aromatic carbocycles. The third kappa shape index (κ3) is 2.06. The maximum atomic E-state index is 13.8. The van der Waals surface area contributed by atoms with Crippen molar-refractivity contribution < 1.29 is 22.8 Å². The van der Waals surface area contributed by atoms with Crippen LogP contribution in [0.1, 0.15) is 22.0 Å². The molecule has 0 saturated carbocycles. The first-order valence-corrected chi connectivity index (χ1v) is 5.93. The molecule has 1 unspecified atom stereocenters. The van der Waals surface area contributed by atoms with Crippen molar-refractivity contribution >= 4 is 17.4 Å². The molecule has 106 valence electrons. The van der Waals surface area contributed by atoms with Crippen molar-refractivity contribution in [2.24, 2.45) is 0 Å². The fourth-order valence-electron chi connectivity index (χ4n) is 2.25. The van der Waals surface area contributed by atoms with Crippen LogP contribution in [0.25, 0.3) is 0 Å². The number of ketones is 1. The van der Waals surface area contributed by atoms with E-state index in [0.717, 1.165) is 0 Å². The van der Waals surface area contributed by atoms with Gasteiger partial charge in [0.05, 0.1) is 5.69 Å². The maximum Gasteiger partial charge on any atom is 0.240 e. The summed E-state index contributed by atoms with van der Waals surface area (Å²) in [5.41, 5.74) is -0.702. The number of nitrogens with one attached hydrogen (secondary N) is 1. The van der Waals surface area contributed by atoms with Crippen molar-refractivity contribution in [3.05, 3.63) is 59.2 Å². The Bertz CT molecular complexity index is 754. The molecule has 0 radical (unpaired) electrons. The van der Waals surface area contributed by atoms with Crippen molar-refractivity contribution in [2.45, 2.75) is 5.92 Å². The zero-order valence-electron chi connectivity index (χ0n) is 10.4. The van der Waals surface area contributed by atoms with Gasteiger partial charge in [-0.2, -0.15) is 0 Å². The Kier molecular flexibility index (Phi) is 2.97. The lowest BCUT2D eigenvalue weighted by molar-refractivity contribution is -0.116. The summed E-state index contributed by atoms with van der Waals surface area (Å²) in [6.07, 6.45) is 1.32. The Hall–Kier alpha value is -2.70. The summed E-state index contributed by atoms with van der Waals surface area (Å²) in [5, 5.41) is 2.36. The van der Waals surface area contributed by atoms with Crippen LogP contribution >= 0.6 is 0 Å². The molecular weight excluding hydrogens is 285 g/mol. The maximum absolute atomic E-state index is 13.8. The molecule has 3 rings (SSSR count). The normalized spacial score (nSPS) is 17.4. The molecule has 4 nitrogen and oxygen atoms in total. The summed E-state index contributed by atoms with van der Waals surface area (Å²) in [7, 11) is 0. The second-order valence-corrected chi connectivity index (χ2v) is 4.47. The molecule has 1 atom stereocenters. The highest BCUT2D eigenvalue weighted by Crippen LogP contribution is 2.33. The first-order chi connectivity index (χ1) is 9.99. The average molecular weight is 292 g/mol. The number of Topliss-reactive ketones (excluding diaryl/α,β-unsaturated/α-hetero) is 1. The third-order valence-electron chi connectivity index (χ3n) is 3.16. The molecule has 1 aliphatic rings. The third-order valence-corrected chi connectivity index (χ3v) is 3.16. The summed E-state index contributed by atoms with van der Waals surface area (Å²) in [6, 6.07) is 3.80. The van der Waals surface area contributed by atoms with Crippen LogP contribution in [-0.2, 0) is 4.79 Å². The molecule has 0 fully saturated rings. The molecule has 0 spiro atoms. The molecule has 2 heterocycles. The van der Waals surface area contributed by atoms with Crippen molar-refractivity contribution in [3.63, 3.8) is 0 Å². The van der Waals surface area contributed by atoms with Gasteiger partial charge in [0, 0.05) is 23.9 Å². The average Bonchev–Trinajstić information content (AvgIpc) is 2.41. The standard InChI is InChI=1S/C14H7F3N2O2/c15-6-4-7(16)10(8(17)5-6)11-13(20)12-9(19-14(11)21)2-1-3-18-12/h1-5,11H,(H,19,21). The van der Waals surface area contributed by atoms with Gasteiger partial charge >= 0.3 is 0 Å². The van der Waals surface area contributed by atoms with E-state index in [0.29, 0.717) is 12.1 Å². The van der Waals surface area contributed by atoms with E-state index in [9.17, 15) is 22.8 Å². The molecule has 0 aliphatic carbocycles. The van der Waals surface area contributed by atoms with Gasteiger partial charge in [-0.25, -0.2) is 13.2 Å². The molecule has 7 heteroatoms. The van der Waals surface area contributed by atoms with Crippen molar-refractivity contribution in [3.8, 4) is 0 Å². The van der Waals surface area contributed by atoms with Crippen LogP contribution in [0.15, 0.2) is 30.5 Å². The minimum Gasteiger partial charge on any atom is -0.323 e. The Morgan fingerprint density at radius 3 is 2.43 bits per heavy atom. The second kappa shape index (κ2) is 4.69. The summed E-state index contributed by atoms with van der Waals surface area (Å²) < 4.78 is 40.5. The summed E-state index contributed by atoms with van der Waals surface area (Å²) in [5.74, 6) is -7.16. The Morgan fingerprint density at radius 1 is 1.10 bits per heavy atom. The van der Waals surface area contributed by atoms with Crippen LogP contribution in [0.5, 0.6) is 0 Å². The van der Waals surface area contributed by atoms with E-state index in [-0.39, 0.29) is 11.4 Å². The predicted molar refractivity (Wildman–Crippen MR) is 66.3 cm³/mol. The van der Waals surface area contributed by atoms with Crippen LogP contribution in [0, 0.1) is 17.5 Å². The predicted octanol–water partition coefficient (Wildman–Crippen LogP) is 2.42. The van der Waals surface area contributed by atoms with E-state index in [1.165, 1.54) is 18.3 Å². The zero-order chi connectivity index (χ0) is 15.1. The summed E-state index contributed by atoms with van der Waals surface area (Å²) in [6.45, 7) is 0. The number of rotatable bonds is 1. The van der Waals surface area contributed by atoms with Gasteiger partial charge in [-0.3, -0.25) is 14.6 Å². The minimum absolute atomic E-state index is 0.0924. The van der Waals surface area contributed by atoms with E-state index >= 15 is 0 Å². The number of pyridine rings is 1. The van der Waals surface area contributed by atoms with Crippen LogP contribution in [0.2, 0.25) is 0 Å². The number of anilines is 1. The van der Waals surface area contributed by atoms with Crippen LogP contribution in [0.3, 0.4) is 0 Å². The fraction of sp³-hybridized carbons (Fsp3) is 0.0714. The molecule has 0 saturated heterocycles. The highest BCUT2D eigenvalue weighted by Gasteiger charge is 2.39. The largest absolute Gasteiger partial charge is 0.323 e. The highest BCUT2D eigenvalue weighted by molar-refractivity contribution is 6.23. The zero-order valence-corrected chi connectivity index (χ0v) is 10.4. The molecule has 0 bridgehead atoms. The minimum atomic E-state index is -1.73. The van der Waals surface area contributed by atoms with Gasteiger partial charge in [0.2, 0.25) is 5.91 Å². The van der Waals surface area contributed by atoms with Crippen molar-refractivity contribution in [2.75, 3.05) is 5.32 Å². The monoisotopic (exact) mass is 292 g/mol. The van der Waals surface area contributed by atoms with E-state index in [2.05, 4.69) is 10.3 Å². The number of hydrogen-bond acceptors (Lipinski definition) is 3. The van der Waals surface area contributed by atoms with Gasteiger partial charge in [0.15, 0.2) is 5.78 Å². The van der Waals surface area contributed by atoms with E-state index in [1.807, 2.05) is 0 Å². The number of carbonyl (C=O) groups excluding carboxylic acids is 2. The number of amides is 1. The van der Waals surface area contributed by atoms with E-state index in [4.69, 9.17) is 0 Å². The lowest BCUT2D eigenvalue weighted by Gasteiger charge is -2.23. The first kappa shape index (κ1) is 13.3. The number of fused-ring (bicyclic) bond motifs is 1. The van der Waals surface area contributed by atoms with Crippen LogP contribution in [0.4, 0.5) is 18.9 Å². The number of carbonyl (C=O) groups is 2. The Labute approximate surface area is 116 Å². The van der Waals surface area contributed by atoms with Gasteiger partial charge < -0.3 is 5.32 Å². The molecule has 1 aliphatic heterocycles. The molecule has 21 heavy (non-hydrogen) atoms. The molecule has 1 amide bonds. The Balaban J connectivity index is 2.17. The number of aromatic nitrogens is 1. The topological polar surface area (TPSA) is 59.1 Å². The highest BCUT2D eigenvalue weighted by atomic mass is 19.1. The van der Waals surface area contributed by atoms with Gasteiger partial charge in [-0.05, 0) is 12.1 Å². The number of nitrogens with zero attached hydrogens (tertiary/aromatic N) is 1. The van der Waals surface area contributed by atoms with Gasteiger partial charge in [-0.1, -0.05) is 0 Å². The number of halogens is 3. The smallest absolute Gasteiger partial charge is 0.240 e. The summed E-state index contributed by atoms with van der Waals surface area (Å²) in [4.78, 5) is 28.0. The first-order valence-electron chi connectivity index (χ1n) is 5.93. The molecule has 1 N–H and O–H groups in total. The van der Waals surface area contributed by atoms with Crippen molar-refractivity contribution in [1.82, 2.24) is 4.98 Å².